The second-order valence-corrected chi connectivity index (χ2v) is 6.09. The Hall–Kier alpha value is -2.16. The molecule has 4 heteroatoms. The van der Waals surface area contributed by atoms with Crippen molar-refractivity contribution in [2.24, 2.45) is 0 Å². The van der Waals surface area contributed by atoms with Gasteiger partial charge in [-0.05, 0) is 47.2 Å². The number of hydrogen-bond donors (Lipinski definition) is 2. The quantitative estimate of drug-likeness (QED) is 0.442. The number of rotatable bonds is 1. The molecule has 0 saturated carbocycles. The van der Waals surface area contributed by atoms with Crippen LogP contribution in [-0.2, 0) is 0 Å². The molecular weight excluding hydrogens is 317 g/mol. The van der Waals surface area contributed by atoms with Crippen LogP contribution >= 0.6 is 23.2 Å². The number of phenolic OH excluding ortho intramolecular Hbond substituents is 1. The molecule has 0 saturated heterocycles. The Kier molecular flexibility index (Phi) is 3.03. The number of aromatic hydroxyl groups is 1. The van der Waals surface area contributed by atoms with Gasteiger partial charge in [0.05, 0.1) is 0 Å². The molecule has 2 N–H and O–H groups in total. The van der Waals surface area contributed by atoms with Gasteiger partial charge in [0.2, 0.25) is 0 Å². The molecular formula is C18H11Cl2NO. The van der Waals surface area contributed by atoms with E-state index in [0.29, 0.717) is 10.0 Å². The van der Waals surface area contributed by atoms with Gasteiger partial charge in [0, 0.05) is 38.3 Å². The third-order valence-corrected chi connectivity index (χ3v) is 4.34. The van der Waals surface area contributed by atoms with Gasteiger partial charge in [0.15, 0.2) is 0 Å². The van der Waals surface area contributed by atoms with E-state index in [9.17, 15) is 5.11 Å². The number of benzene rings is 3. The van der Waals surface area contributed by atoms with Gasteiger partial charge in [0.25, 0.3) is 0 Å². The molecule has 0 bridgehead atoms. The fourth-order valence-corrected chi connectivity index (χ4v) is 3.22. The molecule has 0 aliphatic rings. The Balaban J connectivity index is 2.11. The highest BCUT2D eigenvalue weighted by atomic mass is 35.5. The number of aromatic nitrogens is 1. The van der Waals surface area contributed by atoms with Crippen LogP contribution in [0.15, 0.2) is 54.7 Å². The standard InChI is InChI=1S/C18H11Cl2NO/c19-11-2-4-13-10(7-11)1-6-17(22)18(13)15-9-21-16-5-3-12(20)8-14(15)16/h1-9,21-22H. The zero-order chi connectivity index (χ0) is 15.3. The minimum atomic E-state index is 0.232. The number of hydrogen-bond acceptors (Lipinski definition) is 1. The van der Waals surface area contributed by atoms with Crippen molar-refractivity contribution in [3.63, 3.8) is 0 Å². The number of H-pyrrole nitrogens is 1. The Morgan fingerprint density at radius 3 is 2.45 bits per heavy atom. The van der Waals surface area contributed by atoms with Gasteiger partial charge in [-0.2, -0.15) is 0 Å². The highest BCUT2D eigenvalue weighted by Crippen LogP contribution is 2.41. The molecule has 0 aliphatic heterocycles. The van der Waals surface area contributed by atoms with Crippen LogP contribution in [0.5, 0.6) is 5.75 Å². The van der Waals surface area contributed by atoms with E-state index in [1.165, 1.54) is 0 Å². The summed E-state index contributed by atoms with van der Waals surface area (Å²) in [7, 11) is 0. The monoisotopic (exact) mass is 327 g/mol. The van der Waals surface area contributed by atoms with Crippen LogP contribution in [-0.4, -0.2) is 10.1 Å². The van der Waals surface area contributed by atoms with Gasteiger partial charge in [-0.15, -0.1) is 0 Å². The molecule has 0 aliphatic carbocycles. The van der Waals surface area contributed by atoms with Gasteiger partial charge < -0.3 is 10.1 Å². The molecule has 2 nitrogen and oxygen atoms in total. The molecule has 0 spiro atoms. The zero-order valence-corrected chi connectivity index (χ0v) is 12.9. The second-order valence-electron chi connectivity index (χ2n) is 5.22. The molecule has 0 amide bonds. The smallest absolute Gasteiger partial charge is 0.124 e. The molecule has 4 aromatic rings. The van der Waals surface area contributed by atoms with Gasteiger partial charge in [-0.3, -0.25) is 0 Å². The molecule has 0 unspecified atom stereocenters. The second kappa shape index (κ2) is 4.94. The summed E-state index contributed by atoms with van der Waals surface area (Å²) in [6.07, 6.45) is 1.89. The lowest BCUT2D eigenvalue weighted by molar-refractivity contribution is 0.478. The van der Waals surface area contributed by atoms with Crippen molar-refractivity contribution < 1.29 is 5.11 Å². The van der Waals surface area contributed by atoms with Crippen LogP contribution < -0.4 is 0 Å². The summed E-state index contributed by atoms with van der Waals surface area (Å²) in [5, 5.41) is 14.6. The fraction of sp³-hybridized carbons (Fsp3) is 0. The van der Waals surface area contributed by atoms with Gasteiger partial charge in [-0.1, -0.05) is 35.3 Å². The molecule has 3 aromatic carbocycles. The first kappa shape index (κ1) is 13.5. The Bertz CT molecular complexity index is 1020. The van der Waals surface area contributed by atoms with Crippen molar-refractivity contribution in [1.29, 1.82) is 0 Å². The van der Waals surface area contributed by atoms with E-state index < -0.39 is 0 Å². The van der Waals surface area contributed by atoms with Crippen LogP contribution in [0.3, 0.4) is 0 Å². The van der Waals surface area contributed by atoms with E-state index in [-0.39, 0.29) is 5.75 Å². The molecule has 1 aromatic heterocycles. The Morgan fingerprint density at radius 1 is 0.818 bits per heavy atom. The summed E-state index contributed by atoms with van der Waals surface area (Å²) >= 11 is 12.2. The number of halogens is 2. The van der Waals surface area contributed by atoms with Gasteiger partial charge in [-0.25, -0.2) is 0 Å². The first-order valence-electron chi connectivity index (χ1n) is 6.82. The van der Waals surface area contributed by atoms with Crippen molar-refractivity contribution in [2.75, 3.05) is 0 Å². The summed E-state index contributed by atoms with van der Waals surface area (Å²) in [5.41, 5.74) is 2.68. The van der Waals surface area contributed by atoms with Gasteiger partial charge >= 0.3 is 0 Å². The van der Waals surface area contributed by atoms with Crippen LogP contribution in [0, 0.1) is 0 Å². The van der Waals surface area contributed by atoms with E-state index in [0.717, 1.165) is 32.8 Å². The Morgan fingerprint density at radius 2 is 1.59 bits per heavy atom. The van der Waals surface area contributed by atoms with Crippen LogP contribution in [0.4, 0.5) is 0 Å². The lowest BCUT2D eigenvalue weighted by atomic mass is 9.97. The summed E-state index contributed by atoms with van der Waals surface area (Å²) in [6, 6.07) is 14.9. The van der Waals surface area contributed by atoms with E-state index in [1.54, 1.807) is 6.07 Å². The topological polar surface area (TPSA) is 36.0 Å². The molecule has 108 valence electrons. The maximum Gasteiger partial charge on any atom is 0.124 e. The van der Waals surface area contributed by atoms with E-state index in [1.807, 2.05) is 48.7 Å². The molecule has 0 fully saturated rings. The average Bonchev–Trinajstić information content (AvgIpc) is 2.90. The van der Waals surface area contributed by atoms with E-state index in [2.05, 4.69) is 4.98 Å². The maximum atomic E-state index is 10.4. The van der Waals surface area contributed by atoms with Crippen LogP contribution in [0.1, 0.15) is 0 Å². The molecule has 1 heterocycles. The predicted octanol–water partition coefficient (Wildman–Crippen LogP) is 6.00. The minimum absolute atomic E-state index is 0.232. The van der Waals surface area contributed by atoms with Crippen molar-refractivity contribution >= 4 is 44.9 Å². The van der Waals surface area contributed by atoms with Gasteiger partial charge in [0.1, 0.15) is 5.75 Å². The first-order chi connectivity index (χ1) is 10.6. The normalized spacial score (nSPS) is 11.4. The number of aromatic amines is 1. The number of fused-ring (bicyclic) bond motifs is 2. The average molecular weight is 328 g/mol. The third kappa shape index (κ3) is 2.04. The fourth-order valence-electron chi connectivity index (χ4n) is 2.87. The molecule has 22 heavy (non-hydrogen) atoms. The summed E-state index contributed by atoms with van der Waals surface area (Å²) in [5.74, 6) is 0.232. The SMILES string of the molecule is Oc1ccc2cc(Cl)ccc2c1-c1c[nH]c2ccc(Cl)cc12. The van der Waals surface area contributed by atoms with E-state index >= 15 is 0 Å². The van der Waals surface area contributed by atoms with Crippen molar-refractivity contribution in [3.05, 3.63) is 64.8 Å². The summed E-state index contributed by atoms with van der Waals surface area (Å²) in [4.78, 5) is 3.22. The lowest BCUT2D eigenvalue weighted by Crippen LogP contribution is -1.82. The molecule has 4 rings (SSSR count). The zero-order valence-electron chi connectivity index (χ0n) is 11.4. The summed E-state index contributed by atoms with van der Waals surface area (Å²) < 4.78 is 0. The van der Waals surface area contributed by atoms with E-state index in [4.69, 9.17) is 23.2 Å². The number of nitrogens with one attached hydrogen (secondary N) is 1. The molecule has 0 atom stereocenters. The third-order valence-electron chi connectivity index (χ3n) is 3.87. The van der Waals surface area contributed by atoms with Crippen LogP contribution in [0.25, 0.3) is 32.8 Å². The van der Waals surface area contributed by atoms with Crippen LogP contribution in [0.2, 0.25) is 10.0 Å². The van der Waals surface area contributed by atoms with Crippen molar-refractivity contribution in [1.82, 2.24) is 4.98 Å². The Labute approximate surface area is 136 Å². The highest BCUT2D eigenvalue weighted by Gasteiger charge is 2.14. The first-order valence-corrected chi connectivity index (χ1v) is 7.57. The molecule has 0 radical (unpaired) electrons. The van der Waals surface area contributed by atoms with Crippen molar-refractivity contribution in [3.8, 4) is 16.9 Å². The summed E-state index contributed by atoms with van der Waals surface area (Å²) in [6.45, 7) is 0. The largest absolute Gasteiger partial charge is 0.507 e. The predicted molar refractivity (Wildman–Crippen MR) is 92.9 cm³/mol. The lowest BCUT2D eigenvalue weighted by Gasteiger charge is -2.09. The maximum absolute atomic E-state index is 10.4. The minimum Gasteiger partial charge on any atom is -0.507 e. The highest BCUT2D eigenvalue weighted by molar-refractivity contribution is 6.32. The van der Waals surface area contributed by atoms with Crippen molar-refractivity contribution in [2.45, 2.75) is 0 Å². The number of phenols is 1.